The highest BCUT2D eigenvalue weighted by molar-refractivity contribution is 6.10. The van der Waals surface area contributed by atoms with Crippen molar-refractivity contribution in [2.45, 2.75) is 31.5 Å². The van der Waals surface area contributed by atoms with E-state index in [-0.39, 0.29) is 11.3 Å². The van der Waals surface area contributed by atoms with Crippen LogP contribution in [0.25, 0.3) is 0 Å². The van der Waals surface area contributed by atoms with E-state index >= 15 is 0 Å². The third kappa shape index (κ3) is 5.99. The molecule has 2 aromatic carbocycles. The second kappa shape index (κ2) is 9.54. The quantitative estimate of drug-likeness (QED) is 0.293. The van der Waals surface area contributed by atoms with Crippen molar-refractivity contribution in [3.63, 3.8) is 0 Å². The van der Waals surface area contributed by atoms with Gasteiger partial charge in [0.05, 0.1) is 5.56 Å². The van der Waals surface area contributed by atoms with E-state index in [2.05, 4.69) is 21.1 Å². The van der Waals surface area contributed by atoms with Gasteiger partial charge in [0.1, 0.15) is 12.2 Å². The molecule has 1 aliphatic rings. The first-order valence-electron chi connectivity index (χ1n) is 9.62. The van der Waals surface area contributed by atoms with Crippen molar-refractivity contribution in [2.75, 3.05) is 5.32 Å². The topological polar surface area (TPSA) is 77.5 Å². The minimum absolute atomic E-state index is 0.190. The molecule has 2 aromatic rings. The number of amides is 1. The zero-order chi connectivity index (χ0) is 25.3. The first-order chi connectivity index (χ1) is 15.8. The number of halogens is 8. The van der Waals surface area contributed by atoms with Crippen LogP contribution in [-0.2, 0) is 6.18 Å². The Morgan fingerprint density at radius 3 is 2.26 bits per heavy atom. The first-order valence-corrected chi connectivity index (χ1v) is 9.62. The van der Waals surface area contributed by atoms with Gasteiger partial charge in [-0.25, -0.2) is 24.6 Å². The Labute approximate surface area is 187 Å². The molecule has 184 valence electrons. The number of alkyl halides is 6. The smallest absolute Gasteiger partial charge is 0.326 e. The molecule has 3 atom stereocenters. The second-order valence-corrected chi connectivity index (χ2v) is 7.38. The summed E-state index contributed by atoms with van der Waals surface area (Å²) < 4.78 is 105. The van der Waals surface area contributed by atoms with Crippen LogP contribution in [0.2, 0.25) is 0 Å². The summed E-state index contributed by atoms with van der Waals surface area (Å²) in [7, 11) is 0. The van der Waals surface area contributed by atoms with Gasteiger partial charge in [0.2, 0.25) is 5.96 Å². The van der Waals surface area contributed by atoms with E-state index in [0.29, 0.717) is 18.2 Å². The van der Waals surface area contributed by atoms with E-state index < -0.39 is 59.5 Å². The van der Waals surface area contributed by atoms with E-state index in [1.807, 2.05) is 5.43 Å². The minimum Gasteiger partial charge on any atom is -0.326 e. The molecule has 1 heterocycles. The molecule has 3 rings (SSSR count). The summed E-state index contributed by atoms with van der Waals surface area (Å²) >= 11 is 0. The molecule has 0 aromatic heterocycles. The summed E-state index contributed by atoms with van der Waals surface area (Å²) in [5.74, 6) is -5.30. The van der Waals surface area contributed by atoms with Crippen LogP contribution in [-0.4, -0.2) is 30.3 Å². The molecule has 14 heteroatoms. The standard InChI is InChI=1S/C20H17F8N5O/c1-9-15(20(26,27)28)32-33-16(9)30-18(29-12-4-2-3-11(8-12)19(23,24)25)31-17(34)10-5-6-13(21)14(22)7-10/h2-9,15-16,32-33H,1H3,(H2,29,30,31,34). The average Bonchev–Trinajstić information content (AvgIpc) is 3.10. The molecule has 0 radical (unpaired) electrons. The van der Waals surface area contributed by atoms with Crippen molar-refractivity contribution in [3.05, 3.63) is 65.2 Å². The van der Waals surface area contributed by atoms with Gasteiger partial charge in [-0.3, -0.25) is 10.1 Å². The number of anilines is 1. The van der Waals surface area contributed by atoms with Gasteiger partial charge in [0, 0.05) is 17.2 Å². The number of benzene rings is 2. The Balaban J connectivity index is 1.91. The number of nitrogens with zero attached hydrogens (tertiary/aromatic N) is 1. The van der Waals surface area contributed by atoms with Gasteiger partial charge in [-0.15, -0.1) is 0 Å². The predicted octanol–water partition coefficient (Wildman–Crippen LogP) is 4.18. The van der Waals surface area contributed by atoms with Gasteiger partial charge >= 0.3 is 12.4 Å². The van der Waals surface area contributed by atoms with Crippen LogP contribution in [0.3, 0.4) is 0 Å². The lowest BCUT2D eigenvalue weighted by Crippen LogP contribution is -2.43. The van der Waals surface area contributed by atoms with Gasteiger partial charge in [0.25, 0.3) is 5.91 Å². The highest BCUT2D eigenvalue weighted by Gasteiger charge is 2.49. The number of hydrogen-bond acceptors (Lipinski definition) is 4. The molecule has 6 nitrogen and oxygen atoms in total. The van der Waals surface area contributed by atoms with Crippen molar-refractivity contribution < 1.29 is 39.9 Å². The Hall–Kier alpha value is -3.26. The fraction of sp³-hybridized carbons (Fsp3) is 0.300. The molecule has 1 aliphatic heterocycles. The zero-order valence-electron chi connectivity index (χ0n) is 17.2. The van der Waals surface area contributed by atoms with E-state index in [1.54, 1.807) is 0 Å². The maximum atomic E-state index is 13.5. The van der Waals surface area contributed by atoms with Crippen LogP contribution in [0.1, 0.15) is 22.8 Å². The number of carbonyl (C=O) groups is 1. The maximum absolute atomic E-state index is 13.5. The Morgan fingerprint density at radius 1 is 0.971 bits per heavy atom. The molecule has 4 N–H and O–H groups in total. The number of rotatable bonds is 3. The number of carbonyl (C=O) groups excluding carboxylic acids is 1. The van der Waals surface area contributed by atoms with Crippen molar-refractivity contribution in [3.8, 4) is 0 Å². The molecule has 1 saturated heterocycles. The second-order valence-electron chi connectivity index (χ2n) is 7.38. The fourth-order valence-corrected chi connectivity index (χ4v) is 3.11. The number of guanidine groups is 1. The molecule has 0 aliphatic carbocycles. The maximum Gasteiger partial charge on any atom is 0.416 e. The largest absolute Gasteiger partial charge is 0.416 e. The van der Waals surface area contributed by atoms with Gasteiger partial charge in [-0.05, 0) is 36.4 Å². The SMILES string of the molecule is CC1C(N=C(NC(=O)c2ccc(F)c(F)c2)Nc2cccc(C(F)(F)F)c2)NNC1C(F)(F)F. The average molecular weight is 495 g/mol. The summed E-state index contributed by atoms with van der Waals surface area (Å²) in [5, 5.41) is 4.59. The molecule has 34 heavy (non-hydrogen) atoms. The van der Waals surface area contributed by atoms with Gasteiger partial charge in [-0.2, -0.15) is 26.3 Å². The van der Waals surface area contributed by atoms with Crippen molar-refractivity contribution >= 4 is 17.6 Å². The lowest BCUT2D eigenvalue weighted by atomic mass is 10.0. The lowest BCUT2D eigenvalue weighted by Gasteiger charge is -2.20. The number of nitrogens with one attached hydrogen (secondary N) is 4. The van der Waals surface area contributed by atoms with E-state index in [0.717, 1.165) is 18.2 Å². The molecule has 0 bridgehead atoms. The Bertz CT molecular complexity index is 1090. The highest BCUT2D eigenvalue weighted by Crippen LogP contribution is 2.32. The minimum atomic E-state index is -4.69. The molecule has 1 fully saturated rings. The lowest BCUT2D eigenvalue weighted by molar-refractivity contribution is -0.160. The number of hydrogen-bond donors (Lipinski definition) is 4. The van der Waals surface area contributed by atoms with E-state index in [1.165, 1.54) is 13.0 Å². The molecule has 0 saturated carbocycles. The third-order valence-corrected chi connectivity index (χ3v) is 4.90. The fourth-order valence-electron chi connectivity index (χ4n) is 3.11. The van der Waals surface area contributed by atoms with Gasteiger partial charge < -0.3 is 5.32 Å². The molecule has 0 spiro atoms. The van der Waals surface area contributed by atoms with Crippen molar-refractivity contribution in [1.82, 2.24) is 16.2 Å². The number of aliphatic imine (C=N–C) groups is 1. The molecular weight excluding hydrogens is 478 g/mol. The third-order valence-electron chi connectivity index (χ3n) is 4.90. The molecule has 1 amide bonds. The van der Waals surface area contributed by atoms with Gasteiger partial charge in [0.15, 0.2) is 11.6 Å². The predicted molar refractivity (Wildman–Crippen MR) is 105 cm³/mol. The highest BCUT2D eigenvalue weighted by atomic mass is 19.4. The van der Waals surface area contributed by atoms with E-state index in [9.17, 15) is 39.9 Å². The van der Waals surface area contributed by atoms with Gasteiger partial charge in [-0.1, -0.05) is 13.0 Å². The summed E-state index contributed by atoms with van der Waals surface area (Å²) in [5.41, 5.74) is 2.75. The summed E-state index contributed by atoms with van der Waals surface area (Å²) in [4.78, 5) is 16.5. The monoisotopic (exact) mass is 495 g/mol. The van der Waals surface area contributed by atoms with Crippen LogP contribution in [0.4, 0.5) is 40.8 Å². The molecular formula is C20H17F8N5O. The first kappa shape index (κ1) is 25.4. The van der Waals surface area contributed by atoms with Crippen LogP contribution in [0.15, 0.2) is 47.5 Å². The Morgan fingerprint density at radius 2 is 1.68 bits per heavy atom. The summed E-state index contributed by atoms with van der Waals surface area (Å²) in [6, 6.07) is 3.96. The number of hydrazine groups is 1. The van der Waals surface area contributed by atoms with Crippen molar-refractivity contribution in [1.29, 1.82) is 0 Å². The van der Waals surface area contributed by atoms with E-state index in [4.69, 9.17) is 0 Å². The van der Waals surface area contributed by atoms with Crippen LogP contribution < -0.4 is 21.5 Å². The molecule has 3 unspecified atom stereocenters. The normalized spacial score (nSPS) is 21.4. The van der Waals surface area contributed by atoms with Crippen molar-refractivity contribution in [2.24, 2.45) is 10.9 Å². The summed E-state index contributed by atoms with van der Waals surface area (Å²) in [6.45, 7) is 1.22. The zero-order valence-corrected chi connectivity index (χ0v) is 17.2. The van der Waals surface area contributed by atoms with Crippen LogP contribution in [0.5, 0.6) is 0 Å². The van der Waals surface area contributed by atoms with Crippen LogP contribution >= 0.6 is 0 Å². The van der Waals surface area contributed by atoms with Crippen LogP contribution in [0, 0.1) is 17.6 Å². The Kier molecular flexibility index (Phi) is 7.12. The summed E-state index contributed by atoms with van der Waals surface area (Å²) in [6.07, 6.45) is -10.6.